The molecule has 0 N–H and O–H groups in total. The molecule has 0 aromatic carbocycles. The second-order valence-electron chi connectivity index (χ2n) is 0. The van der Waals surface area contributed by atoms with Crippen LogP contribution in [0.15, 0.2) is 0 Å². The zero-order valence-electron chi connectivity index (χ0n) is 2.04. The number of hydrogen-bond donors (Lipinski definition) is 0. The van der Waals surface area contributed by atoms with Gasteiger partial charge < -0.3 is 0 Å². The molecule has 0 nitrogen and oxygen atoms in total. The third-order valence-electron chi connectivity index (χ3n) is 0. The lowest BCUT2D eigenvalue weighted by Crippen LogP contribution is -0.382. The molecule has 0 unspecified atom stereocenters. The quantitative estimate of drug-likeness (QED) is 0.503. The highest BCUT2D eigenvalue weighted by molar-refractivity contribution is 5.86. The van der Waals surface area contributed by atoms with Gasteiger partial charge in [-0.3, -0.25) is 0 Å². The predicted octanol–water partition coefficient (Wildman–Crippen LogP) is -0.527. The monoisotopic (exact) mass is 242 g/mol. The van der Waals surface area contributed by atoms with Gasteiger partial charge in [0, 0.05) is 0 Å². The van der Waals surface area contributed by atoms with Crippen molar-refractivity contribution < 1.29 is 0 Å². The van der Waals surface area contributed by atoms with Crippen LogP contribution in [0.25, 0.3) is 0 Å². The Hall–Kier alpha value is 2.20. The molecule has 0 bridgehead atoms. The highest BCUT2D eigenvalue weighted by Gasteiger charge is 0.187. The van der Waals surface area contributed by atoms with Crippen molar-refractivity contribution in [3.8, 4) is 0 Å². The second kappa shape index (κ2) is 87.9. The van der Waals surface area contributed by atoms with Crippen molar-refractivity contribution >= 4 is 90.4 Å². The molecular formula is H12AlCl5Si. The molecule has 0 aromatic heterocycles. The fourth-order valence-corrected chi connectivity index (χ4v) is 0. The van der Waals surface area contributed by atoms with Crippen LogP contribution in [0.2, 0.25) is 0 Å². The number of rotatable bonds is 0. The molecule has 0 aliphatic rings. The summed E-state index contributed by atoms with van der Waals surface area (Å²) in [7, 11) is 0. The molecule has 0 aliphatic carbocycles. The van der Waals surface area contributed by atoms with Crippen molar-refractivity contribution in [2.24, 2.45) is 0 Å². The average molecular weight is 244 g/mol. The molecule has 54 valence electrons. The van der Waals surface area contributed by atoms with Gasteiger partial charge in [-0.2, -0.15) is 0 Å². The summed E-state index contributed by atoms with van der Waals surface area (Å²) in [5.74, 6) is 0. The lowest BCUT2D eigenvalue weighted by atomic mass is 27.0. The van der Waals surface area contributed by atoms with Gasteiger partial charge in [-0.25, -0.2) is 0 Å². The van der Waals surface area contributed by atoms with Crippen molar-refractivity contribution in [2.45, 2.75) is 0 Å². The summed E-state index contributed by atoms with van der Waals surface area (Å²) in [6.07, 6.45) is 0. The summed E-state index contributed by atoms with van der Waals surface area (Å²) < 4.78 is 0. The minimum absolute atomic E-state index is 0. The van der Waals surface area contributed by atoms with E-state index in [4.69, 9.17) is 0 Å². The molecular weight excluding hydrogens is 232 g/mol. The fraction of sp³-hybridized carbons (Fsp3) is 0. The molecule has 0 saturated carbocycles. The highest BCUT2D eigenvalue weighted by Crippen LogP contribution is 0.694. The standard InChI is InChI=1S/Al.5ClH.H4Si.3H/h;5*1H;1H4;;;. The summed E-state index contributed by atoms with van der Waals surface area (Å²) in [6, 6.07) is 0. The van der Waals surface area contributed by atoms with Crippen LogP contribution >= 0.6 is 62.0 Å². The zero-order valence-corrected chi connectivity index (χ0v) is 6.12. The van der Waals surface area contributed by atoms with E-state index in [1.165, 1.54) is 0 Å². The summed E-state index contributed by atoms with van der Waals surface area (Å²) in [5, 5.41) is 0. The molecule has 0 spiro atoms. The average Bonchev–Trinajstić information content (AvgIpc) is 0. The topological polar surface area (TPSA) is 0 Å². The first-order chi connectivity index (χ1) is 0. The summed E-state index contributed by atoms with van der Waals surface area (Å²) in [4.78, 5) is 0. The van der Waals surface area contributed by atoms with Crippen LogP contribution in [0.3, 0.4) is 0 Å². The van der Waals surface area contributed by atoms with Gasteiger partial charge in [-0.1, -0.05) is 0 Å². The SMILES string of the molecule is Cl.Cl.Cl.Cl.Cl.[AlH3].[SiH4]. The van der Waals surface area contributed by atoms with Crippen molar-refractivity contribution in [3.05, 3.63) is 0 Å². The smallest absolute Gasteiger partial charge is 0.147 e. The molecule has 0 fully saturated rings. The molecule has 0 heterocycles. The van der Waals surface area contributed by atoms with Gasteiger partial charge >= 0.3 is 0 Å². The van der Waals surface area contributed by atoms with Gasteiger partial charge in [0.25, 0.3) is 0 Å². The number of halogens is 5. The van der Waals surface area contributed by atoms with E-state index in [2.05, 4.69) is 0 Å². The predicted molar refractivity (Wildman–Crippen MR) is 57.5 cm³/mol. The Labute approximate surface area is 89.8 Å². The molecule has 0 rings (SSSR count). The van der Waals surface area contributed by atoms with E-state index in [1.807, 2.05) is 0 Å². The van der Waals surface area contributed by atoms with Crippen LogP contribution < -0.4 is 0 Å². The highest BCUT2D eigenvalue weighted by atomic mass is 35.5. The maximum absolute atomic E-state index is 0. The van der Waals surface area contributed by atoms with Gasteiger partial charge in [0.2, 0.25) is 0 Å². The minimum Gasteiger partial charge on any atom is -0.147 e. The van der Waals surface area contributed by atoms with Crippen LogP contribution in [-0.2, 0) is 0 Å². The van der Waals surface area contributed by atoms with Gasteiger partial charge in [-0.15, -0.1) is 62.0 Å². The van der Waals surface area contributed by atoms with Gasteiger partial charge in [0.05, 0.1) is 0 Å². The minimum atomic E-state index is 0. The third-order valence-corrected chi connectivity index (χ3v) is 0. The zero-order chi connectivity index (χ0) is 0. The second-order valence-corrected chi connectivity index (χ2v) is 0. The van der Waals surface area contributed by atoms with Crippen LogP contribution in [0.5, 0.6) is 0 Å². The summed E-state index contributed by atoms with van der Waals surface area (Å²) in [6.45, 7) is 0. The summed E-state index contributed by atoms with van der Waals surface area (Å²) in [5.41, 5.74) is 0. The molecule has 0 aromatic rings. The Kier molecular flexibility index (Phi) is 1600. The van der Waals surface area contributed by atoms with Gasteiger partial charge in [0.15, 0.2) is 17.4 Å². The normalized spacial score (nSPS) is 0. The van der Waals surface area contributed by atoms with Crippen LogP contribution in [0.1, 0.15) is 0 Å². The van der Waals surface area contributed by atoms with Crippen molar-refractivity contribution in [2.75, 3.05) is 0 Å². The molecule has 0 atom stereocenters. The van der Waals surface area contributed by atoms with E-state index in [0.717, 1.165) is 0 Å². The van der Waals surface area contributed by atoms with E-state index < -0.39 is 0 Å². The molecule has 0 aliphatic heterocycles. The largest absolute Gasteiger partial charge is 0.187 e. The Morgan fingerprint density at radius 2 is 0.429 bits per heavy atom. The lowest BCUT2D eigenvalue weighted by Gasteiger charge is -0.148. The molecule has 0 saturated heterocycles. The van der Waals surface area contributed by atoms with E-state index >= 15 is 0 Å². The van der Waals surface area contributed by atoms with E-state index in [0.29, 0.717) is 0 Å². The molecule has 7 heteroatoms. The van der Waals surface area contributed by atoms with E-state index in [1.54, 1.807) is 0 Å². The van der Waals surface area contributed by atoms with Crippen molar-refractivity contribution in [3.63, 3.8) is 0 Å². The fourth-order valence-electron chi connectivity index (χ4n) is 0. The Morgan fingerprint density at radius 1 is 0.429 bits per heavy atom. The van der Waals surface area contributed by atoms with Crippen molar-refractivity contribution in [1.29, 1.82) is 0 Å². The van der Waals surface area contributed by atoms with Gasteiger partial charge in [0.1, 0.15) is 0 Å². The van der Waals surface area contributed by atoms with E-state index in [9.17, 15) is 0 Å². The molecule has 0 amide bonds. The molecule has 0 radical (unpaired) electrons. The third kappa shape index (κ3) is 65.1. The van der Waals surface area contributed by atoms with Crippen LogP contribution in [-0.4, -0.2) is 28.3 Å². The van der Waals surface area contributed by atoms with Crippen LogP contribution in [0, 0.1) is 0 Å². The Balaban J connectivity index is 0. The van der Waals surface area contributed by atoms with Crippen molar-refractivity contribution in [1.82, 2.24) is 0 Å². The maximum Gasteiger partial charge on any atom is 0.187 e. The lowest BCUT2D eigenvalue weighted by molar-refractivity contribution is 5.75. The molecule has 7 heavy (non-hydrogen) atoms. The maximum atomic E-state index is 0. The first-order valence-corrected chi connectivity index (χ1v) is 0. The number of hydrogen-bond acceptors (Lipinski definition) is 0. The van der Waals surface area contributed by atoms with Gasteiger partial charge in [-0.05, 0) is 11.0 Å². The summed E-state index contributed by atoms with van der Waals surface area (Å²) >= 11 is 0. The first kappa shape index (κ1) is 128. The first-order valence-electron chi connectivity index (χ1n) is 0. The Morgan fingerprint density at radius 3 is 0.429 bits per heavy atom. The Bertz CT molecular complexity index is 8.04. The van der Waals surface area contributed by atoms with E-state index in [-0.39, 0.29) is 90.4 Å². The van der Waals surface area contributed by atoms with Crippen LogP contribution in [0.4, 0.5) is 0 Å².